The predicted octanol–water partition coefficient (Wildman–Crippen LogP) is 6.13. The van der Waals surface area contributed by atoms with Gasteiger partial charge in [0.15, 0.2) is 10.7 Å². The summed E-state index contributed by atoms with van der Waals surface area (Å²) in [5, 5.41) is 5.55. The molecule has 4 aromatic rings. The Balaban J connectivity index is 1.51. The first kappa shape index (κ1) is 20.9. The van der Waals surface area contributed by atoms with Gasteiger partial charge in [0.2, 0.25) is 5.89 Å². The smallest absolute Gasteiger partial charge is 0.257 e. The summed E-state index contributed by atoms with van der Waals surface area (Å²) in [6, 6.07) is 16.6. The molecule has 5 nitrogen and oxygen atoms in total. The van der Waals surface area contributed by atoms with Crippen molar-refractivity contribution >= 4 is 78.5 Å². The van der Waals surface area contributed by atoms with Crippen LogP contribution in [0.25, 0.3) is 22.6 Å². The van der Waals surface area contributed by atoms with Crippen LogP contribution in [0.2, 0.25) is 0 Å². The van der Waals surface area contributed by atoms with Gasteiger partial charge in [-0.2, -0.15) is 0 Å². The molecule has 4 rings (SSSR count). The summed E-state index contributed by atoms with van der Waals surface area (Å²) in [5.74, 6) is -0.497. The van der Waals surface area contributed by atoms with Crippen LogP contribution in [0, 0.1) is 9.39 Å². The van der Waals surface area contributed by atoms with E-state index in [1.54, 1.807) is 18.2 Å². The van der Waals surface area contributed by atoms with Gasteiger partial charge in [0.05, 0.1) is 5.56 Å². The molecule has 0 aliphatic heterocycles. The Morgan fingerprint density at radius 1 is 1.13 bits per heavy atom. The van der Waals surface area contributed by atoms with Gasteiger partial charge in [-0.1, -0.05) is 6.07 Å². The molecule has 1 aromatic heterocycles. The molecule has 150 valence electrons. The van der Waals surface area contributed by atoms with Gasteiger partial charge in [-0.15, -0.1) is 0 Å². The van der Waals surface area contributed by atoms with Gasteiger partial charge in [-0.05, 0) is 105 Å². The fourth-order valence-corrected chi connectivity index (χ4v) is 3.87. The van der Waals surface area contributed by atoms with Crippen LogP contribution in [0.15, 0.2) is 69.6 Å². The Bertz CT molecular complexity index is 1290. The van der Waals surface area contributed by atoms with E-state index in [0.717, 1.165) is 19.7 Å². The van der Waals surface area contributed by atoms with Gasteiger partial charge in [-0.3, -0.25) is 10.1 Å². The lowest BCUT2D eigenvalue weighted by molar-refractivity contribution is 0.0977. The summed E-state index contributed by atoms with van der Waals surface area (Å²) in [6.07, 6.45) is 0. The van der Waals surface area contributed by atoms with Crippen LogP contribution in [0.5, 0.6) is 0 Å². The van der Waals surface area contributed by atoms with Crippen molar-refractivity contribution in [1.29, 1.82) is 0 Å². The zero-order chi connectivity index (χ0) is 21.3. The minimum absolute atomic E-state index is 0.0905. The van der Waals surface area contributed by atoms with Crippen LogP contribution in [0.4, 0.5) is 10.1 Å². The number of fused-ring (bicyclic) bond motifs is 1. The number of carbonyl (C=O) groups is 1. The maximum absolute atomic E-state index is 13.3. The van der Waals surface area contributed by atoms with E-state index in [9.17, 15) is 9.18 Å². The average molecular weight is 596 g/mol. The largest absolute Gasteiger partial charge is 0.436 e. The second-order valence-corrected chi connectivity index (χ2v) is 8.75. The Kier molecular flexibility index (Phi) is 6.11. The summed E-state index contributed by atoms with van der Waals surface area (Å²) >= 11 is 10.9. The average Bonchev–Trinajstić information content (AvgIpc) is 3.12. The van der Waals surface area contributed by atoms with Crippen molar-refractivity contribution < 1.29 is 13.6 Å². The first-order valence-electron chi connectivity index (χ1n) is 8.63. The molecule has 0 saturated heterocycles. The van der Waals surface area contributed by atoms with E-state index < -0.39 is 11.7 Å². The topological polar surface area (TPSA) is 67.2 Å². The molecule has 0 fully saturated rings. The number of hydrogen-bond acceptors (Lipinski definition) is 4. The monoisotopic (exact) mass is 595 g/mol. The van der Waals surface area contributed by atoms with E-state index in [0.29, 0.717) is 22.7 Å². The lowest BCUT2D eigenvalue weighted by Crippen LogP contribution is -2.34. The predicted molar refractivity (Wildman–Crippen MR) is 130 cm³/mol. The molecule has 0 saturated carbocycles. The van der Waals surface area contributed by atoms with Crippen molar-refractivity contribution in [2.45, 2.75) is 0 Å². The van der Waals surface area contributed by atoms with Gasteiger partial charge in [0, 0.05) is 19.3 Å². The highest BCUT2D eigenvalue weighted by atomic mass is 127. The number of anilines is 1. The van der Waals surface area contributed by atoms with Crippen molar-refractivity contribution in [2.75, 3.05) is 5.32 Å². The number of thiocarbonyl (C=S) groups is 1. The first-order valence-corrected chi connectivity index (χ1v) is 10.9. The number of amides is 1. The minimum atomic E-state index is -0.500. The molecule has 0 unspecified atom stereocenters. The van der Waals surface area contributed by atoms with Gasteiger partial charge >= 0.3 is 0 Å². The molecule has 0 bridgehead atoms. The van der Waals surface area contributed by atoms with E-state index in [4.69, 9.17) is 16.6 Å². The Labute approximate surface area is 198 Å². The van der Waals surface area contributed by atoms with Crippen molar-refractivity contribution in [3.05, 3.63) is 80.1 Å². The first-order chi connectivity index (χ1) is 14.4. The number of carbonyl (C=O) groups excluding carboxylic acids is 1. The number of nitrogens with one attached hydrogen (secondary N) is 2. The van der Waals surface area contributed by atoms with E-state index in [-0.39, 0.29) is 10.7 Å². The Morgan fingerprint density at radius 3 is 2.77 bits per heavy atom. The molecule has 0 spiro atoms. The van der Waals surface area contributed by atoms with Crippen molar-refractivity contribution in [3.8, 4) is 11.5 Å². The third-order valence-corrected chi connectivity index (χ3v) is 5.68. The van der Waals surface area contributed by atoms with Gasteiger partial charge in [0.25, 0.3) is 5.91 Å². The molecule has 0 atom stereocenters. The zero-order valence-electron chi connectivity index (χ0n) is 15.1. The molecule has 1 heterocycles. The Morgan fingerprint density at radius 2 is 1.97 bits per heavy atom. The minimum Gasteiger partial charge on any atom is -0.436 e. The highest BCUT2D eigenvalue weighted by Crippen LogP contribution is 2.32. The third kappa shape index (κ3) is 4.68. The number of hydrogen-bond donors (Lipinski definition) is 2. The third-order valence-electron chi connectivity index (χ3n) is 4.12. The summed E-state index contributed by atoms with van der Waals surface area (Å²) in [4.78, 5) is 16.8. The number of benzene rings is 3. The SMILES string of the molecule is O=C(NC(=S)Nc1ccc2oc(-c3cc(I)ccc3Br)nc2c1)c1cccc(F)c1. The maximum atomic E-state index is 13.3. The second kappa shape index (κ2) is 8.78. The van der Waals surface area contributed by atoms with Crippen molar-refractivity contribution in [1.82, 2.24) is 10.3 Å². The summed E-state index contributed by atoms with van der Waals surface area (Å²) in [6.45, 7) is 0. The molecule has 30 heavy (non-hydrogen) atoms. The van der Waals surface area contributed by atoms with Gasteiger partial charge in [-0.25, -0.2) is 9.37 Å². The molecular weight excluding hydrogens is 584 g/mol. The standard InChI is InChI=1S/C21H12BrFIN3O2S/c22-16-6-4-13(24)9-15(16)20-26-17-10-14(5-7-18(17)29-20)25-21(30)27-19(28)11-2-1-3-12(23)8-11/h1-10H,(H2,25,27,28,30). The molecule has 9 heteroatoms. The highest BCUT2D eigenvalue weighted by molar-refractivity contribution is 14.1. The van der Waals surface area contributed by atoms with Crippen LogP contribution in [-0.2, 0) is 0 Å². The number of rotatable bonds is 3. The lowest BCUT2D eigenvalue weighted by atomic mass is 10.2. The summed E-state index contributed by atoms with van der Waals surface area (Å²) in [5.41, 5.74) is 2.92. The van der Waals surface area contributed by atoms with E-state index in [2.05, 4.69) is 54.1 Å². The molecular formula is C21H12BrFIN3O2S. The molecule has 2 N–H and O–H groups in total. The van der Waals surface area contributed by atoms with Crippen LogP contribution in [0.3, 0.4) is 0 Å². The van der Waals surface area contributed by atoms with Crippen molar-refractivity contribution in [3.63, 3.8) is 0 Å². The lowest BCUT2D eigenvalue weighted by Gasteiger charge is -2.09. The number of aromatic nitrogens is 1. The fourth-order valence-electron chi connectivity index (χ4n) is 2.75. The number of halogens is 3. The quantitative estimate of drug-likeness (QED) is 0.220. The molecule has 0 aliphatic rings. The van der Waals surface area contributed by atoms with Gasteiger partial charge < -0.3 is 9.73 Å². The molecule has 0 aliphatic carbocycles. The fraction of sp³-hybridized carbons (Fsp3) is 0. The normalized spacial score (nSPS) is 10.8. The van der Waals surface area contributed by atoms with Crippen LogP contribution >= 0.6 is 50.7 Å². The number of nitrogens with zero attached hydrogens (tertiary/aromatic N) is 1. The van der Waals surface area contributed by atoms with Gasteiger partial charge in [0.1, 0.15) is 11.3 Å². The molecule has 3 aromatic carbocycles. The second-order valence-electron chi connectivity index (χ2n) is 6.24. The zero-order valence-corrected chi connectivity index (χ0v) is 19.6. The van der Waals surface area contributed by atoms with E-state index >= 15 is 0 Å². The maximum Gasteiger partial charge on any atom is 0.257 e. The van der Waals surface area contributed by atoms with Crippen molar-refractivity contribution in [2.24, 2.45) is 0 Å². The Hall–Kier alpha value is -2.37. The molecule has 0 radical (unpaired) electrons. The van der Waals surface area contributed by atoms with E-state index in [1.165, 1.54) is 18.2 Å². The highest BCUT2D eigenvalue weighted by Gasteiger charge is 2.13. The van der Waals surface area contributed by atoms with E-state index in [1.807, 2.05) is 18.2 Å². The molecule has 1 amide bonds. The van der Waals surface area contributed by atoms with Crippen LogP contribution in [0.1, 0.15) is 10.4 Å². The summed E-state index contributed by atoms with van der Waals surface area (Å²) in [7, 11) is 0. The van der Waals surface area contributed by atoms with Crippen LogP contribution < -0.4 is 10.6 Å². The van der Waals surface area contributed by atoms with Crippen LogP contribution in [-0.4, -0.2) is 16.0 Å². The summed E-state index contributed by atoms with van der Waals surface area (Å²) < 4.78 is 21.1. The number of oxazole rings is 1.